The smallest absolute Gasteiger partial charge is 0.317 e. The second kappa shape index (κ2) is 8.95. The third kappa shape index (κ3) is 4.45. The first-order valence-electron chi connectivity index (χ1n) is 10.1. The van der Waals surface area contributed by atoms with Crippen LogP contribution in [0.25, 0.3) is 22.3 Å². The minimum Gasteiger partial charge on any atom is -0.481 e. The van der Waals surface area contributed by atoms with Crippen LogP contribution in [0.2, 0.25) is 0 Å². The third-order valence-electron chi connectivity index (χ3n) is 5.22. The molecule has 0 radical (unpaired) electrons. The van der Waals surface area contributed by atoms with Gasteiger partial charge in [0.2, 0.25) is 0 Å². The fourth-order valence-corrected chi connectivity index (χ4v) is 3.56. The molecule has 4 rings (SSSR count). The first-order valence-corrected chi connectivity index (χ1v) is 10.1. The maximum absolute atomic E-state index is 11.3. The lowest BCUT2D eigenvalue weighted by Gasteiger charge is -2.15. The molecule has 10 heteroatoms. The molecule has 0 amide bonds. The number of anilines is 1. The summed E-state index contributed by atoms with van der Waals surface area (Å²) in [6.45, 7) is 1.68. The number of benzene rings is 2. The van der Waals surface area contributed by atoms with Crippen molar-refractivity contribution >= 4 is 28.8 Å². The minimum absolute atomic E-state index is 0.172. The van der Waals surface area contributed by atoms with Crippen LogP contribution in [0.15, 0.2) is 60.9 Å². The number of ether oxygens (including phenoxy) is 1. The fourth-order valence-electron chi connectivity index (χ4n) is 3.56. The standard InChI is InChI=1S/C23H21N5O5/c1-13(11-17(22(29)30)23(31)32)28-21-18(20(24)25-12-26-21)19(27-28)14-7-9-16(10-8-14)33-15-5-3-2-4-6-15/h2-10,12-13,17H,11H2,1H3,(H,29,30)(H,31,32)(H2,24,25,26). The Morgan fingerprint density at radius 2 is 1.64 bits per heavy atom. The van der Waals surface area contributed by atoms with Crippen molar-refractivity contribution in [2.75, 3.05) is 5.73 Å². The quantitative estimate of drug-likeness (QED) is 0.344. The molecule has 0 fully saturated rings. The Morgan fingerprint density at radius 3 is 2.27 bits per heavy atom. The highest BCUT2D eigenvalue weighted by Crippen LogP contribution is 2.34. The maximum atomic E-state index is 11.3. The number of carbonyl (C=O) groups is 2. The van der Waals surface area contributed by atoms with E-state index in [1.165, 1.54) is 11.0 Å². The number of hydrogen-bond donors (Lipinski definition) is 3. The Morgan fingerprint density at radius 1 is 1.00 bits per heavy atom. The number of fused-ring (bicyclic) bond motifs is 1. The molecule has 2 aromatic carbocycles. The highest BCUT2D eigenvalue weighted by molar-refractivity contribution is 5.98. The Bertz CT molecular complexity index is 1290. The van der Waals surface area contributed by atoms with Gasteiger partial charge in [0.15, 0.2) is 11.6 Å². The van der Waals surface area contributed by atoms with E-state index < -0.39 is 23.9 Å². The molecular weight excluding hydrogens is 426 g/mol. The molecule has 0 spiro atoms. The van der Waals surface area contributed by atoms with Gasteiger partial charge in [-0.2, -0.15) is 5.10 Å². The lowest BCUT2D eigenvalue weighted by molar-refractivity contribution is -0.155. The van der Waals surface area contributed by atoms with Gasteiger partial charge in [0.05, 0.1) is 11.4 Å². The Labute approximate surface area is 188 Å². The van der Waals surface area contributed by atoms with Crippen LogP contribution in [0.4, 0.5) is 5.82 Å². The molecule has 2 heterocycles. The highest BCUT2D eigenvalue weighted by atomic mass is 16.5. The molecule has 0 aliphatic rings. The molecule has 10 nitrogen and oxygen atoms in total. The Hall–Kier alpha value is -4.47. The van der Waals surface area contributed by atoms with Gasteiger partial charge in [0.25, 0.3) is 0 Å². The molecule has 4 N–H and O–H groups in total. The van der Waals surface area contributed by atoms with E-state index in [4.69, 9.17) is 10.5 Å². The van der Waals surface area contributed by atoms with Gasteiger partial charge in [-0.15, -0.1) is 0 Å². The lowest BCUT2D eigenvalue weighted by Crippen LogP contribution is -2.26. The zero-order chi connectivity index (χ0) is 23.5. The summed E-state index contributed by atoms with van der Waals surface area (Å²) in [5.41, 5.74) is 7.74. The molecule has 2 aromatic heterocycles. The SMILES string of the molecule is CC(CC(C(=O)O)C(=O)O)n1nc(-c2ccc(Oc3ccccc3)cc2)c2c(N)ncnc21. The summed E-state index contributed by atoms with van der Waals surface area (Å²) in [7, 11) is 0. The molecule has 4 aromatic rings. The number of aliphatic carboxylic acids is 2. The molecule has 1 atom stereocenters. The van der Waals surface area contributed by atoms with Crippen LogP contribution >= 0.6 is 0 Å². The Kier molecular flexibility index (Phi) is 5.90. The molecule has 0 aliphatic heterocycles. The van der Waals surface area contributed by atoms with Crippen molar-refractivity contribution in [1.82, 2.24) is 19.7 Å². The number of nitrogen functional groups attached to an aromatic ring is 1. The van der Waals surface area contributed by atoms with Gasteiger partial charge in [0.1, 0.15) is 29.3 Å². The minimum atomic E-state index is -1.57. The maximum Gasteiger partial charge on any atom is 0.317 e. The molecule has 0 bridgehead atoms. The van der Waals surface area contributed by atoms with Crippen LogP contribution in [0, 0.1) is 5.92 Å². The normalized spacial score (nSPS) is 12.1. The van der Waals surface area contributed by atoms with Gasteiger partial charge in [-0.1, -0.05) is 18.2 Å². The van der Waals surface area contributed by atoms with Crippen molar-refractivity contribution < 1.29 is 24.5 Å². The molecule has 0 saturated carbocycles. The molecule has 168 valence electrons. The number of nitrogens with zero attached hydrogens (tertiary/aromatic N) is 4. The van der Waals surface area contributed by atoms with Crippen molar-refractivity contribution in [2.45, 2.75) is 19.4 Å². The second-order valence-corrected chi connectivity index (χ2v) is 7.50. The molecule has 0 aliphatic carbocycles. The van der Waals surface area contributed by atoms with Crippen LogP contribution in [-0.4, -0.2) is 41.9 Å². The summed E-state index contributed by atoms with van der Waals surface area (Å²) in [4.78, 5) is 31.0. The molecular formula is C23H21N5O5. The first-order chi connectivity index (χ1) is 15.8. The molecule has 1 unspecified atom stereocenters. The fraction of sp³-hybridized carbons (Fsp3) is 0.174. The summed E-state index contributed by atoms with van der Waals surface area (Å²) in [6, 6.07) is 16.0. The first kappa shape index (κ1) is 21.8. The number of aromatic nitrogens is 4. The Balaban J connectivity index is 1.70. The van der Waals surface area contributed by atoms with Crippen molar-refractivity contribution in [3.63, 3.8) is 0 Å². The van der Waals surface area contributed by atoms with Crippen LogP contribution in [0.3, 0.4) is 0 Å². The van der Waals surface area contributed by atoms with Gasteiger partial charge in [0, 0.05) is 5.56 Å². The highest BCUT2D eigenvalue weighted by Gasteiger charge is 2.30. The third-order valence-corrected chi connectivity index (χ3v) is 5.22. The van der Waals surface area contributed by atoms with E-state index in [2.05, 4.69) is 15.1 Å². The van der Waals surface area contributed by atoms with Crippen molar-refractivity contribution in [1.29, 1.82) is 0 Å². The zero-order valence-corrected chi connectivity index (χ0v) is 17.6. The van der Waals surface area contributed by atoms with Crippen molar-refractivity contribution in [3.8, 4) is 22.8 Å². The van der Waals surface area contributed by atoms with E-state index in [1.807, 2.05) is 42.5 Å². The largest absolute Gasteiger partial charge is 0.481 e. The van der Waals surface area contributed by atoms with Gasteiger partial charge in [-0.25, -0.2) is 14.6 Å². The average Bonchev–Trinajstić information content (AvgIpc) is 3.19. The predicted molar refractivity (Wildman–Crippen MR) is 120 cm³/mol. The summed E-state index contributed by atoms with van der Waals surface area (Å²) in [6.07, 6.45) is 1.11. The average molecular weight is 447 g/mol. The molecule has 0 saturated heterocycles. The van der Waals surface area contributed by atoms with Crippen LogP contribution in [0.5, 0.6) is 11.5 Å². The van der Waals surface area contributed by atoms with Crippen LogP contribution in [-0.2, 0) is 9.59 Å². The van der Waals surface area contributed by atoms with Gasteiger partial charge < -0.3 is 20.7 Å². The van der Waals surface area contributed by atoms with E-state index in [9.17, 15) is 19.8 Å². The van der Waals surface area contributed by atoms with E-state index >= 15 is 0 Å². The lowest BCUT2D eigenvalue weighted by atomic mass is 10.0. The molecule has 33 heavy (non-hydrogen) atoms. The summed E-state index contributed by atoms with van der Waals surface area (Å²) in [5.74, 6) is -2.83. The van der Waals surface area contributed by atoms with E-state index in [0.29, 0.717) is 28.2 Å². The number of carboxylic acids is 2. The monoisotopic (exact) mass is 447 g/mol. The van der Waals surface area contributed by atoms with Gasteiger partial charge >= 0.3 is 11.9 Å². The number of carboxylic acid groups (broad SMARTS) is 2. The summed E-state index contributed by atoms with van der Waals surface area (Å²) >= 11 is 0. The number of nitrogens with two attached hydrogens (primary N) is 1. The van der Waals surface area contributed by atoms with E-state index in [-0.39, 0.29) is 12.2 Å². The van der Waals surface area contributed by atoms with Gasteiger partial charge in [-0.05, 0) is 49.7 Å². The number of para-hydroxylation sites is 1. The predicted octanol–water partition coefficient (Wildman–Crippen LogP) is 3.60. The summed E-state index contributed by atoms with van der Waals surface area (Å²) in [5, 5.41) is 23.6. The number of rotatable bonds is 8. The van der Waals surface area contributed by atoms with Crippen molar-refractivity contribution in [2.24, 2.45) is 5.92 Å². The van der Waals surface area contributed by atoms with Crippen molar-refractivity contribution in [3.05, 3.63) is 60.9 Å². The van der Waals surface area contributed by atoms with Crippen LogP contribution in [0.1, 0.15) is 19.4 Å². The van der Waals surface area contributed by atoms with E-state index in [0.717, 1.165) is 5.56 Å². The topological polar surface area (TPSA) is 153 Å². The number of hydrogen-bond acceptors (Lipinski definition) is 7. The second-order valence-electron chi connectivity index (χ2n) is 7.50. The van der Waals surface area contributed by atoms with Gasteiger partial charge in [-0.3, -0.25) is 9.59 Å². The zero-order valence-electron chi connectivity index (χ0n) is 17.6. The van der Waals surface area contributed by atoms with Crippen LogP contribution < -0.4 is 10.5 Å². The summed E-state index contributed by atoms with van der Waals surface area (Å²) < 4.78 is 7.32. The van der Waals surface area contributed by atoms with E-state index in [1.54, 1.807) is 19.1 Å².